The number of nitrogens with zero attached hydrogens (tertiary/aromatic N) is 2. The Labute approximate surface area is 179 Å². The minimum absolute atomic E-state index is 0.0777. The normalized spacial score (nSPS) is 11.4. The SMILES string of the molecule is Nc1ncc(-c2ccc(-c3ccccc3S(=O)(=O)NCc3ccccc3)cc2F)cn1. The van der Waals surface area contributed by atoms with E-state index in [4.69, 9.17) is 5.73 Å². The summed E-state index contributed by atoms with van der Waals surface area (Å²) in [4.78, 5) is 7.84. The molecule has 0 fully saturated rings. The van der Waals surface area contributed by atoms with E-state index in [1.807, 2.05) is 30.3 Å². The molecule has 0 aliphatic rings. The van der Waals surface area contributed by atoms with Gasteiger partial charge in [-0.05, 0) is 23.3 Å². The van der Waals surface area contributed by atoms with Crippen LogP contribution in [0.2, 0.25) is 0 Å². The van der Waals surface area contributed by atoms with Gasteiger partial charge in [0.2, 0.25) is 16.0 Å². The second-order valence-corrected chi connectivity index (χ2v) is 8.57. The Morgan fingerprint density at radius 1 is 0.839 bits per heavy atom. The second kappa shape index (κ2) is 8.63. The van der Waals surface area contributed by atoms with E-state index in [1.54, 1.807) is 30.3 Å². The average Bonchev–Trinajstić information content (AvgIpc) is 2.79. The molecule has 0 amide bonds. The summed E-state index contributed by atoms with van der Waals surface area (Å²) in [5.41, 5.74) is 7.94. The molecule has 4 rings (SSSR count). The molecule has 0 atom stereocenters. The minimum atomic E-state index is -3.82. The van der Waals surface area contributed by atoms with Crippen molar-refractivity contribution in [3.05, 3.63) is 96.6 Å². The van der Waals surface area contributed by atoms with Crippen LogP contribution in [0, 0.1) is 5.82 Å². The van der Waals surface area contributed by atoms with E-state index in [0.29, 0.717) is 22.3 Å². The summed E-state index contributed by atoms with van der Waals surface area (Å²) >= 11 is 0. The number of anilines is 1. The van der Waals surface area contributed by atoms with Crippen molar-refractivity contribution < 1.29 is 12.8 Å². The number of nitrogen functional groups attached to an aromatic ring is 1. The van der Waals surface area contributed by atoms with Gasteiger partial charge in [-0.15, -0.1) is 0 Å². The van der Waals surface area contributed by atoms with Crippen LogP contribution in [0.4, 0.5) is 10.3 Å². The lowest BCUT2D eigenvalue weighted by Crippen LogP contribution is -2.23. The van der Waals surface area contributed by atoms with Gasteiger partial charge in [0.1, 0.15) is 5.82 Å². The molecule has 0 aliphatic heterocycles. The predicted molar refractivity (Wildman–Crippen MR) is 118 cm³/mol. The van der Waals surface area contributed by atoms with Crippen LogP contribution in [0.15, 0.2) is 90.1 Å². The maximum atomic E-state index is 14.9. The average molecular weight is 434 g/mol. The monoisotopic (exact) mass is 434 g/mol. The van der Waals surface area contributed by atoms with Crippen molar-refractivity contribution >= 4 is 16.0 Å². The molecule has 0 saturated heterocycles. The van der Waals surface area contributed by atoms with E-state index in [2.05, 4.69) is 14.7 Å². The van der Waals surface area contributed by atoms with Crippen LogP contribution < -0.4 is 10.5 Å². The zero-order chi connectivity index (χ0) is 21.8. The molecule has 3 aromatic carbocycles. The van der Waals surface area contributed by atoms with Crippen LogP contribution >= 0.6 is 0 Å². The Hall–Kier alpha value is -3.62. The molecule has 0 spiro atoms. The Morgan fingerprint density at radius 3 is 2.23 bits per heavy atom. The lowest BCUT2D eigenvalue weighted by Gasteiger charge is -2.13. The van der Waals surface area contributed by atoms with E-state index in [1.165, 1.54) is 24.5 Å². The van der Waals surface area contributed by atoms with Gasteiger partial charge in [-0.1, -0.05) is 60.7 Å². The smallest absolute Gasteiger partial charge is 0.241 e. The Morgan fingerprint density at radius 2 is 1.52 bits per heavy atom. The molecule has 0 bridgehead atoms. The maximum Gasteiger partial charge on any atom is 0.241 e. The standard InChI is InChI=1S/C23H19FN4O2S/c24-21-12-17(10-11-19(21)18-14-26-23(25)27-15-18)20-8-4-5-9-22(20)31(29,30)28-13-16-6-2-1-3-7-16/h1-12,14-15,28H,13H2,(H2,25,26,27). The van der Waals surface area contributed by atoms with E-state index >= 15 is 0 Å². The van der Waals surface area contributed by atoms with Crippen LogP contribution in [0.3, 0.4) is 0 Å². The van der Waals surface area contributed by atoms with Gasteiger partial charge in [0, 0.05) is 35.6 Å². The molecule has 1 aromatic heterocycles. The molecule has 0 radical (unpaired) electrons. The number of hydrogen-bond donors (Lipinski definition) is 2. The van der Waals surface area contributed by atoms with Crippen molar-refractivity contribution in [2.75, 3.05) is 5.73 Å². The fourth-order valence-corrected chi connectivity index (χ4v) is 4.43. The molecular formula is C23H19FN4O2S. The first-order chi connectivity index (χ1) is 14.9. The van der Waals surface area contributed by atoms with Crippen LogP contribution in [0.25, 0.3) is 22.3 Å². The quantitative estimate of drug-likeness (QED) is 0.478. The predicted octanol–water partition coefficient (Wildman–Crippen LogP) is 4.01. The largest absolute Gasteiger partial charge is 0.368 e. The highest BCUT2D eigenvalue weighted by Crippen LogP contribution is 2.31. The number of sulfonamides is 1. The molecule has 1 heterocycles. The Bertz CT molecular complexity index is 1310. The number of benzene rings is 3. The first-order valence-corrected chi connectivity index (χ1v) is 10.9. The van der Waals surface area contributed by atoms with Crippen molar-refractivity contribution in [1.82, 2.24) is 14.7 Å². The van der Waals surface area contributed by atoms with Gasteiger partial charge in [0.15, 0.2) is 0 Å². The van der Waals surface area contributed by atoms with Gasteiger partial charge < -0.3 is 5.73 Å². The van der Waals surface area contributed by atoms with E-state index in [9.17, 15) is 12.8 Å². The molecule has 3 N–H and O–H groups in total. The van der Waals surface area contributed by atoms with Gasteiger partial charge in [0.25, 0.3) is 0 Å². The van der Waals surface area contributed by atoms with Crippen LogP contribution in [-0.2, 0) is 16.6 Å². The second-order valence-electron chi connectivity index (χ2n) is 6.83. The summed E-state index contributed by atoms with van der Waals surface area (Å²) in [6.45, 7) is 0.155. The fraction of sp³-hybridized carbons (Fsp3) is 0.0435. The van der Waals surface area contributed by atoms with Gasteiger partial charge in [-0.25, -0.2) is 27.5 Å². The van der Waals surface area contributed by atoms with Crippen molar-refractivity contribution in [3.63, 3.8) is 0 Å². The van der Waals surface area contributed by atoms with Gasteiger partial charge in [0.05, 0.1) is 4.90 Å². The highest BCUT2D eigenvalue weighted by atomic mass is 32.2. The van der Waals surface area contributed by atoms with Crippen LogP contribution in [0.1, 0.15) is 5.56 Å². The van der Waals surface area contributed by atoms with E-state index < -0.39 is 15.8 Å². The lowest BCUT2D eigenvalue weighted by molar-refractivity contribution is 0.581. The first-order valence-electron chi connectivity index (χ1n) is 9.44. The minimum Gasteiger partial charge on any atom is -0.368 e. The number of aromatic nitrogens is 2. The molecule has 156 valence electrons. The number of rotatable bonds is 6. The Balaban J connectivity index is 1.66. The van der Waals surface area contributed by atoms with Gasteiger partial charge in [-0.2, -0.15) is 0 Å². The molecule has 0 saturated carbocycles. The number of nitrogens with two attached hydrogens (primary N) is 1. The Kier molecular flexibility index (Phi) is 5.75. The van der Waals surface area contributed by atoms with Crippen molar-refractivity contribution in [2.24, 2.45) is 0 Å². The molecule has 6 nitrogen and oxygen atoms in total. The third-order valence-electron chi connectivity index (χ3n) is 4.75. The molecule has 8 heteroatoms. The van der Waals surface area contributed by atoms with Gasteiger partial charge >= 0.3 is 0 Å². The summed E-state index contributed by atoms with van der Waals surface area (Å²) in [5, 5.41) is 0. The third-order valence-corrected chi connectivity index (χ3v) is 6.21. The van der Waals surface area contributed by atoms with Crippen LogP contribution in [0.5, 0.6) is 0 Å². The van der Waals surface area contributed by atoms with Gasteiger partial charge in [-0.3, -0.25) is 0 Å². The first kappa shape index (κ1) is 20.6. The van der Waals surface area contributed by atoms with Crippen LogP contribution in [-0.4, -0.2) is 18.4 Å². The molecule has 0 unspecified atom stereocenters. The highest BCUT2D eigenvalue weighted by molar-refractivity contribution is 7.89. The molecule has 0 aliphatic carbocycles. The van der Waals surface area contributed by atoms with E-state index in [0.717, 1.165) is 5.56 Å². The third kappa shape index (κ3) is 4.60. The fourth-order valence-electron chi connectivity index (χ4n) is 3.19. The topological polar surface area (TPSA) is 98.0 Å². The van der Waals surface area contributed by atoms with Crippen molar-refractivity contribution in [3.8, 4) is 22.3 Å². The summed E-state index contributed by atoms with van der Waals surface area (Å²) in [7, 11) is -3.82. The molecular weight excluding hydrogens is 415 g/mol. The lowest BCUT2D eigenvalue weighted by atomic mass is 10.0. The summed E-state index contributed by atoms with van der Waals surface area (Å²) in [5.74, 6) is -0.418. The number of hydrogen-bond acceptors (Lipinski definition) is 5. The van der Waals surface area contributed by atoms with Crippen molar-refractivity contribution in [2.45, 2.75) is 11.4 Å². The number of halogens is 1. The zero-order valence-corrected chi connectivity index (χ0v) is 17.2. The summed E-state index contributed by atoms with van der Waals surface area (Å²) in [6.07, 6.45) is 2.87. The van der Waals surface area contributed by atoms with Crippen molar-refractivity contribution in [1.29, 1.82) is 0 Å². The number of nitrogens with one attached hydrogen (secondary N) is 1. The highest BCUT2D eigenvalue weighted by Gasteiger charge is 2.20. The zero-order valence-electron chi connectivity index (χ0n) is 16.4. The summed E-state index contributed by atoms with van der Waals surface area (Å²) in [6, 6.07) is 20.3. The molecule has 4 aromatic rings. The molecule has 31 heavy (non-hydrogen) atoms. The maximum absolute atomic E-state index is 14.9. The van der Waals surface area contributed by atoms with E-state index in [-0.39, 0.29) is 17.4 Å². The summed E-state index contributed by atoms with van der Waals surface area (Å²) < 4.78 is 43.4.